The van der Waals surface area contributed by atoms with Crippen LogP contribution in [0, 0.1) is 12.8 Å². The summed E-state index contributed by atoms with van der Waals surface area (Å²) in [5, 5.41) is 3.72. The van der Waals surface area contributed by atoms with Gasteiger partial charge >= 0.3 is 0 Å². The van der Waals surface area contributed by atoms with E-state index >= 15 is 0 Å². The fraction of sp³-hybridized carbons (Fsp3) is 0.667. The predicted molar refractivity (Wildman–Crippen MR) is 82.9 cm³/mol. The molecule has 2 saturated carbocycles. The fourth-order valence-electron chi connectivity index (χ4n) is 3.26. The van der Waals surface area contributed by atoms with Gasteiger partial charge in [0.15, 0.2) is 0 Å². The second-order valence-electron chi connectivity index (χ2n) is 6.46. The highest BCUT2D eigenvalue weighted by Crippen LogP contribution is 2.40. The Hall–Kier alpha value is -0.860. The molecule has 0 amide bonds. The molecule has 0 aromatic heterocycles. The number of hydrogen-bond acceptors (Lipinski definition) is 2. The van der Waals surface area contributed by atoms with Crippen molar-refractivity contribution in [3.05, 3.63) is 35.4 Å². The SMILES string of the molecule is Cc1ccc(C(NCCOC2CCCC2)C2CC2)cc1. The Labute approximate surface area is 122 Å². The summed E-state index contributed by atoms with van der Waals surface area (Å²) in [7, 11) is 0. The molecule has 0 saturated heterocycles. The molecule has 3 rings (SSSR count). The van der Waals surface area contributed by atoms with Crippen LogP contribution in [0.1, 0.15) is 55.7 Å². The Morgan fingerprint density at radius 1 is 1.10 bits per heavy atom. The zero-order valence-corrected chi connectivity index (χ0v) is 12.6. The summed E-state index contributed by atoms with van der Waals surface area (Å²) in [5.41, 5.74) is 2.78. The maximum absolute atomic E-state index is 5.95. The van der Waals surface area contributed by atoms with E-state index in [2.05, 4.69) is 36.5 Å². The van der Waals surface area contributed by atoms with E-state index < -0.39 is 0 Å². The van der Waals surface area contributed by atoms with Crippen LogP contribution in [0.2, 0.25) is 0 Å². The molecule has 2 nitrogen and oxygen atoms in total. The third-order valence-electron chi connectivity index (χ3n) is 4.65. The summed E-state index contributed by atoms with van der Waals surface area (Å²) in [5.74, 6) is 0.837. The van der Waals surface area contributed by atoms with Crippen LogP contribution in [0.25, 0.3) is 0 Å². The van der Waals surface area contributed by atoms with Gasteiger partial charge in [-0.2, -0.15) is 0 Å². The van der Waals surface area contributed by atoms with Gasteiger partial charge in [-0.05, 0) is 44.1 Å². The van der Waals surface area contributed by atoms with Crippen molar-refractivity contribution in [1.82, 2.24) is 5.32 Å². The number of ether oxygens (including phenoxy) is 1. The van der Waals surface area contributed by atoms with Crippen LogP contribution in [-0.4, -0.2) is 19.3 Å². The van der Waals surface area contributed by atoms with Crippen molar-refractivity contribution in [2.45, 2.75) is 57.6 Å². The monoisotopic (exact) mass is 273 g/mol. The van der Waals surface area contributed by atoms with Crippen LogP contribution in [-0.2, 0) is 4.74 Å². The highest BCUT2D eigenvalue weighted by molar-refractivity contribution is 5.25. The molecule has 1 unspecified atom stereocenters. The highest BCUT2D eigenvalue weighted by atomic mass is 16.5. The minimum atomic E-state index is 0.530. The molecule has 2 heteroatoms. The molecule has 1 aromatic rings. The first-order chi connectivity index (χ1) is 9.83. The minimum absolute atomic E-state index is 0.530. The largest absolute Gasteiger partial charge is 0.377 e. The first-order valence-electron chi connectivity index (χ1n) is 8.24. The lowest BCUT2D eigenvalue weighted by atomic mass is 10.0. The van der Waals surface area contributed by atoms with E-state index in [1.807, 2.05) is 0 Å². The molecule has 1 N–H and O–H groups in total. The fourth-order valence-corrected chi connectivity index (χ4v) is 3.26. The van der Waals surface area contributed by atoms with Crippen LogP contribution in [0.4, 0.5) is 0 Å². The average Bonchev–Trinajstić information content (AvgIpc) is 3.16. The lowest BCUT2D eigenvalue weighted by Crippen LogP contribution is -2.28. The summed E-state index contributed by atoms with van der Waals surface area (Å²) < 4.78 is 5.95. The summed E-state index contributed by atoms with van der Waals surface area (Å²) in [6.07, 6.45) is 8.52. The van der Waals surface area contributed by atoms with Crippen molar-refractivity contribution >= 4 is 0 Å². The van der Waals surface area contributed by atoms with Crippen molar-refractivity contribution in [2.75, 3.05) is 13.2 Å². The van der Waals surface area contributed by atoms with Gasteiger partial charge < -0.3 is 10.1 Å². The van der Waals surface area contributed by atoms with Crippen molar-refractivity contribution in [3.8, 4) is 0 Å². The molecule has 0 aliphatic heterocycles. The topological polar surface area (TPSA) is 21.3 Å². The van der Waals surface area contributed by atoms with Crippen molar-refractivity contribution in [3.63, 3.8) is 0 Å². The Morgan fingerprint density at radius 2 is 1.80 bits per heavy atom. The van der Waals surface area contributed by atoms with Crippen LogP contribution < -0.4 is 5.32 Å². The van der Waals surface area contributed by atoms with Crippen molar-refractivity contribution in [1.29, 1.82) is 0 Å². The van der Waals surface area contributed by atoms with Gasteiger partial charge in [0.05, 0.1) is 12.7 Å². The second-order valence-corrected chi connectivity index (χ2v) is 6.46. The maximum Gasteiger partial charge on any atom is 0.0594 e. The van der Waals surface area contributed by atoms with Crippen LogP contribution in [0.5, 0.6) is 0 Å². The van der Waals surface area contributed by atoms with Gasteiger partial charge in [-0.25, -0.2) is 0 Å². The van der Waals surface area contributed by atoms with Crippen LogP contribution in [0.3, 0.4) is 0 Å². The van der Waals surface area contributed by atoms with Gasteiger partial charge in [-0.15, -0.1) is 0 Å². The quantitative estimate of drug-likeness (QED) is 0.758. The lowest BCUT2D eigenvalue weighted by molar-refractivity contribution is 0.0587. The predicted octanol–water partition coefficient (Wildman–Crippen LogP) is 3.99. The summed E-state index contributed by atoms with van der Waals surface area (Å²) in [6, 6.07) is 9.54. The van der Waals surface area contributed by atoms with E-state index in [4.69, 9.17) is 4.74 Å². The molecule has 0 bridgehead atoms. The third-order valence-corrected chi connectivity index (χ3v) is 4.65. The smallest absolute Gasteiger partial charge is 0.0594 e. The minimum Gasteiger partial charge on any atom is -0.377 e. The number of aryl methyl sites for hydroxylation is 1. The number of nitrogens with one attached hydrogen (secondary N) is 1. The summed E-state index contributed by atoms with van der Waals surface area (Å²) >= 11 is 0. The van der Waals surface area contributed by atoms with Gasteiger partial charge in [0.25, 0.3) is 0 Å². The Morgan fingerprint density at radius 3 is 2.45 bits per heavy atom. The van der Waals surface area contributed by atoms with Gasteiger partial charge in [0, 0.05) is 12.6 Å². The summed E-state index contributed by atoms with van der Waals surface area (Å²) in [4.78, 5) is 0. The molecular formula is C18H27NO. The van der Waals surface area contributed by atoms with E-state index in [9.17, 15) is 0 Å². The molecule has 0 radical (unpaired) electrons. The molecule has 2 aliphatic rings. The molecule has 20 heavy (non-hydrogen) atoms. The van der Waals surface area contributed by atoms with E-state index in [1.54, 1.807) is 0 Å². The highest BCUT2D eigenvalue weighted by Gasteiger charge is 2.31. The van der Waals surface area contributed by atoms with Crippen molar-refractivity contribution < 1.29 is 4.74 Å². The van der Waals surface area contributed by atoms with Crippen molar-refractivity contribution in [2.24, 2.45) is 5.92 Å². The standard InChI is InChI=1S/C18H27NO/c1-14-6-8-15(9-7-14)18(16-10-11-16)19-12-13-20-17-4-2-3-5-17/h6-9,16-19H,2-5,10-13H2,1H3. The molecule has 110 valence electrons. The average molecular weight is 273 g/mol. The number of rotatable bonds is 7. The molecule has 2 aliphatic carbocycles. The molecule has 1 aromatic carbocycles. The van der Waals surface area contributed by atoms with E-state index in [0.717, 1.165) is 19.1 Å². The van der Waals surface area contributed by atoms with Gasteiger partial charge in [0.2, 0.25) is 0 Å². The molecule has 0 spiro atoms. The van der Waals surface area contributed by atoms with Gasteiger partial charge in [0.1, 0.15) is 0 Å². The Balaban J connectivity index is 1.46. The Bertz CT molecular complexity index is 404. The number of benzene rings is 1. The maximum atomic E-state index is 5.95. The van der Waals surface area contributed by atoms with E-state index in [-0.39, 0.29) is 0 Å². The molecule has 2 fully saturated rings. The molecular weight excluding hydrogens is 246 g/mol. The molecule has 0 heterocycles. The second kappa shape index (κ2) is 6.73. The zero-order chi connectivity index (χ0) is 13.8. The van der Waals surface area contributed by atoms with Crippen LogP contribution in [0.15, 0.2) is 24.3 Å². The van der Waals surface area contributed by atoms with E-state index in [0.29, 0.717) is 12.1 Å². The summed E-state index contributed by atoms with van der Waals surface area (Å²) in [6.45, 7) is 3.99. The number of hydrogen-bond donors (Lipinski definition) is 1. The first kappa shape index (κ1) is 14.1. The molecule has 1 atom stereocenters. The lowest BCUT2D eigenvalue weighted by Gasteiger charge is -2.20. The Kier molecular flexibility index (Phi) is 4.74. The first-order valence-corrected chi connectivity index (χ1v) is 8.24. The van der Waals surface area contributed by atoms with Gasteiger partial charge in [-0.3, -0.25) is 0 Å². The normalized spacial score (nSPS) is 21.2. The van der Waals surface area contributed by atoms with E-state index in [1.165, 1.54) is 49.7 Å². The zero-order valence-electron chi connectivity index (χ0n) is 12.6. The third kappa shape index (κ3) is 3.83. The van der Waals surface area contributed by atoms with Gasteiger partial charge in [-0.1, -0.05) is 42.7 Å². The van der Waals surface area contributed by atoms with Crippen LogP contribution >= 0.6 is 0 Å².